The number of hydrogen-bond acceptors (Lipinski definition) is 4. The molecule has 0 bridgehead atoms. The topological polar surface area (TPSA) is 58.4 Å². The van der Waals surface area contributed by atoms with Crippen molar-refractivity contribution in [3.05, 3.63) is 18.2 Å². The second-order valence-corrected chi connectivity index (χ2v) is 5.72. The Hall–Kier alpha value is -1.20. The first-order valence-corrected chi connectivity index (χ1v) is 7.08. The molecule has 0 aromatic heterocycles. The molecule has 4 nitrogen and oxygen atoms in total. The normalized spacial score (nSPS) is 15.8. The third-order valence-electron chi connectivity index (χ3n) is 2.96. The fraction of sp³-hybridized carbons (Fsp3) is 0.462. The van der Waals surface area contributed by atoms with Crippen LogP contribution in [0.5, 0.6) is 0 Å². The molecule has 1 atom stereocenters. The molecule has 0 aliphatic carbocycles. The molecule has 0 fully saturated rings. The first-order valence-electron chi connectivity index (χ1n) is 6.09. The van der Waals surface area contributed by atoms with Crippen molar-refractivity contribution in [3.8, 4) is 0 Å². The number of nitrogens with two attached hydrogens (primary N) is 1. The number of carbonyl (C=O) groups excluding carboxylic acids is 1. The van der Waals surface area contributed by atoms with Crippen LogP contribution in [0.2, 0.25) is 0 Å². The van der Waals surface area contributed by atoms with Gasteiger partial charge in [0, 0.05) is 30.2 Å². The van der Waals surface area contributed by atoms with E-state index >= 15 is 0 Å². The van der Waals surface area contributed by atoms with Gasteiger partial charge >= 0.3 is 0 Å². The van der Waals surface area contributed by atoms with Gasteiger partial charge in [-0.3, -0.25) is 4.79 Å². The zero-order valence-corrected chi connectivity index (χ0v) is 11.6. The quantitative estimate of drug-likeness (QED) is 0.873. The largest absolute Gasteiger partial charge is 0.374 e. The van der Waals surface area contributed by atoms with E-state index in [9.17, 15) is 4.79 Å². The van der Waals surface area contributed by atoms with E-state index in [0.717, 1.165) is 29.2 Å². The summed E-state index contributed by atoms with van der Waals surface area (Å²) < 4.78 is 0. The van der Waals surface area contributed by atoms with Gasteiger partial charge in [-0.05, 0) is 31.5 Å². The first-order chi connectivity index (χ1) is 8.56. The fourth-order valence-corrected chi connectivity index (χ4v) is 2.62. The molecule has 18 heavy (non-hydrogen) atoms. The van der Waals surface area contributed by atoms with Crippen LogP contribution in [0.3, 0.4) is 0 Å². The van der Waals surface area contributed by atoms with Crippen LogP contribution in [-0.2, 0) is 4.79 Å². The standard InChI is InChI=1S/C13H19N3OS/c1-9(14)5-6-16(2)10-3-4-12-11(7-10)15-13(17)8-18-12/h3-4,7,9H,5-6,8,14H2,1-2H3,(H,15,17). The van der Waals surface area contributed by atoms with Crippen molar-refractivity contribution in [1.82, 2.24) is 0 Å². The van der Waals surface area contributed by atoms with Crippen molar-refractivity contribution in [2.45, 2.75) is 24.3 Å². The smallest absolute Gasteiger partial charge is 0.234 e. The van der Waals surface area contributed by atoms with Crippen molar-refractivity contribution in [3.63, 3.8) is 0 Å². The minimum Gasteiger partial charge on any atom is -0.374 e. The lowest BCUT2D eigenvalue weighted by Crippen LogP contribution is -2.26. The zero-order valence-electron chi connectivity index (χ0n) is 10.8. The maximum atomic E-state index is 11.4. The van der Waals surface area contributed by atoms with Crippen molar-refractivity contribution in [1.29, 1.82) is 0 Å². The molecule has 1 heterocycles. The lowest BCUT2D eigenvalue weighted by molar-refractivity contribution is -0.113. The van der Waals surface area contributed by atoms with Crippen LogP contribution in [0, 0.1) is 0 Å². The van der Waals surface area contributed by atoms with Crippen LogP contribution in [0.25, 0.3) is 0 Å². The number of amides is 1. The van der Waals surface area contributed by atoms with Crippen molar-refractivity contribution < 1.29 is 4.79 Å². The highest BCUT2D eigenvalue weighted by Gasteiger charge is 2.16. The van der Waals surface area contributed by atoms with Gasteiger partial charge < -0.3 is 16.0 Å². The Morgan fingerprint density at radius 3 is 3.06 bits per heavy atom. The molecule has 0 saturated heterocycles. The Kier molecular flexibility index (Phi) is 4.14. The molecule has 1 aliphatic heterocycles. The second-order valence-electron chi connectivity index (χ2n) is 4.70. The highest BCUT2D eigenvalue weighted by Crippen LogP contribution is 2.34. The summed E-state index contributed by atoms with van der Waals surface area (Å²) in [6, 6.07) is 6.39. The van der Waals surface area contributed by atoms with E-state index < -0.39 is 0 Å². The van der Waals surface area contributed by atoms with Crippen molar-refractivity contribution in [2.75, 3.05) is 29.6 Å². The van der Waals surface area contributed by atoms with Gasteiger partial charge in [-0.2, -0.15) is 0 Å². The summed E-state index contributed by atoms with van der Waals surface area (Å²) in [5.74, 6) is 0.579. The maximum absolute atomic E-state index is 11.4. The Labute approximate surface area is 112 Å². The molecule has 1 aliphatic rings. The summed E-state index contributed by atoms with van der Waals surface area (Å²) in [5, 5.41) is 2.91. The lowest BCUT2D eigenvalue weighted by atomic mass is 10.2. The Morgan fingerprint density at radius 2 is 2.33 bits per heavy atom. The van der Waals surface area contributed by atoms with Crippen molar-refractivity contribution in [2.24, 2.45) is 5.73 Å². The molecule has 5 heteroatoms. The molecule has 1 amide bonds. The average molecular weight is 265 g/mol. The number of nitrogens with zero attached hydrogens (tertiary/aromatic N) is 1. The predicted molar refractivity (Wildman–Crippen MR) is 77.3 cm³/mol. The highest BCUT2D eigenvalue weighted by atomic mass is 32.2. The van der Waals surface area contributed by atoms with E-state index in [2.05, 4.69) is 22.3 Å². The van der Waals surface area contributed by atoms with Crippen LogP contribution in [-0.4, -0.2) is 31.3 Å². The molecular weight excluding hydrogens is 246 g/mol. The molecular formula is C13H19N3OS. The van der Waals surface area contributed by atoms with E-state index in [0.29, 0.717) is 5.75 Å². The van der Waals surface area contributed by atoms with Gasteiger partial charge in [0.25, 0.3) is 0 Å². The third kappa shape index (κ3) is 3.17. The van der Waals surface area contributed by atoms with Crippen LogP contribution < -0.4 is 16.0 Å². The van der Waals surface area contributed by atoms with E-state index in [4.69, 9.17) is 5.73 Å². The number of thioether (sulfide) groups is 1. The third-order valence-corrected chi connectivity index (χ3v) is 4.03. The van der Waals surface area contributed by atoms with E-state index in [-0.39, 0.29) is 11.9 Å². The molecule has 0 spiro atoms. The van der Waals surface area contributed by atoms with Crippen LogP contribution in [0.15, 0.2) is 23.1 Å². The molecule has 0 radical (unpaired) electrons. The predicted octanol–water partition coefficient (Wildman–Crippen LogP) is 1.90. The zero-order chi connectivity index (χ0) is 13.1. The molecule has 1 aromatic rings. The number of rotatable bonds is 4. The van der Waals surface area contributed by atoms with E-state index in [1.165, 1.54) is 0 Å². The van der Waals surface area contributed by atoms with Gasteiger partial charge in [0.15, 0.2) is 0 Å². The first kappa shape index (κ1) is 13.2. The van der Waals surface area contributed by atoms with E-state index in [1.54, 1.807) is 11.8 Å². The van der Waals surface area contributed by atoms with Gasteiger partial charge in [-0.25, -0.2) is 0 Å². The number of anilines is 2. The van der Waals surface area contributed by atoms with Crippen LogP contribution >= 0.6 is 11.8 Å². The van der Waals surface area contributed by atoms with Crippen LogP contribution in [0.1, 0.15) is 13.3 Å². The Bertz CT molecular complexity index is 448. The van der Waals surface area contributed by atoms with E-state index in [1.807, 2.05) is 20.0 Å². The number of carbonyl (C=O) groups is 1. The molecule has 98 valence electrons. The van der Waals surface area contributed by atoms with Crippen LogP contribution in [0.4, 0.5) is 11.4 Å². The number of benzene rings is 1. The summed E-state index contributed by atoms with van der Waals surface area (Å²) in [5.41, 5.74) is 7.79. The number of hydrogen-bond donors (Lipinski definition) is 2. The van der Waals surface area contributed by atoms with Crippen molar-refractivity contribution >= 4 is 29.0 Å². The summed E-state index contributed by atoms with van der Waals surface area (Å²) in [6.45, 7) is 2.93. The summed E-state index contributed by atoms with van der Waals surface area (Å²) in [6.07, 6.45) is 0.953. The molecule has 2 rings (SSSR count). The summed E-state index contributed by atoms with van der Waals surface area (Å²) >= 11 is 1.58. The second kappa shape index (κ2) is 5.63. The van der Waals surface area contributed by atoms with Gasteiger partial charge in [-0.15, -0.1) is 11.8 Å². The Balaban J connectivity index is 2.10. The van der Waals surface area contributed by atoms with Gasteiger partial charge in [0.05, 0.1) is 11.4 Å². The average Bonchev–Trinajstić information content (AvgIpc) is 2.34. The SMILES string of the molecule is CC(N)CCN(C)c1ccc2c(c1)NC(=O)CS2. The fourth-order valence-electron chi connectivity index (χ4n) is 1.83. The molecule has 0 saturated carbocycles. The lowest BCUT2D eigenvalue weighted by Gasteiger charge is -2.23. The van der Waals surface area contributed by atoms with Gasteiger partial charge in [-0.1, -0.05) is 0 Å². The molecule has 3 N–H and O–H groups in total. The highest BCUT2D eigenvalue weighted by molar-refractivity contribution is 8.00. The minimum atomic E-state index is 0.0721. The Morgan fingerprint density at radius 1 is 1.56 bits per heavy atom. The monoisotopic (exact) mass is 265 g/mol. The molecule has 1 unspecified atom stereocenters. The number of nitrogens with one attached hydrogen (secondary N) is 1. The maximum Gasteiger partial charge on any atom is 0.234 e. The molecule has 1 aromatic carbocycles. The number of fused-ring (bicyclic) bond motifs is 1. The van der Waals surface area contributed by atoms with Gasteiger partial charge in [0.2, 0.25) is 5.91 Å². The minimum absolute atomic E-state index is 0.0721. The van der Waals surface area contributed by atoms with Gasteiger partial charge in [0.1, 0.15) is 0 Å². The summed E-state index contributed by atoms with van der Waals surface area (Å²) in [7, 11) is 2.04. The summed E-state index contributed by atoms with van der Waals surface area (Å²) in [4.78, 5) is 14.7.